The second kappa shape index (κ2) is 5.31. The summed E-state index contributed by atoms with van der Waals surface area (Å²) in [6.07, 6.45) is 0.0562. The zero-order valence-electron chi connectivity index (χ0n) is 10.2. The van der Waals surface area contributed by atoms with Crippen LogP contribution < -0.4 is 4.74 Å². The molecule has 0 aliphatic heterocycles. The Morgan fingerprint density at radius 1 is 1.39 bits per heavy atom. The fourth-order valence-corrected chi connectivity index (χ4v) is 2.62. The van der Waals surface area contributed by atoms with Crippen LogP contribution in [0.15, 0.2) is 29.0 Å². The second-order valence-electron chi connectivity index (χ2n) is 4.00. The lowest BCUT2D eigenvalue weighted by atomic mass is 10.0. The van der Waals surface area contributed by atoms with E-state index in [-0.39, 0.29) is 18.0 Å². The highest BCUT2D eigenvalue weighted by Crippen LogP contribution is 2.22. The largest absolute Gasteiger partial charge is 0.494 e. The first-order chi connectivity index (χ1) is 8.63. The van der Waals surface area contributed by atoms with Gasteiger partial charge in [0.05, 0.1) is 7.11 Å². The van der Waals surface area contributed by atoms with E-state index in [0.29, 0.717) is 11.1 Å². The van der Waals surface area contributed by atoms with Crippen molar-refractivity contribution < 1.29 is 13.9 Å². The summed E-state index contributed by atoms with van der Waals surface area (Å²) in [5.41, 5.74) is 1.97. The Labute approximate surface area is 109 Å². The van der Waals surface area contributed by atoms with Crippen molar-refractivity contribution in [3.8, 4) is 5.75 Å². The highest BCUT2D eigenvalue weighted by atomic mass is 32.1. The van der Waals surface area contributed by atoms with E-state index in [4.69, 9.17) is 4.74 Å². The third kappa shape index (κ3) is 2.43. The summed E-state index contributed by atoms with van der Waals surface area (Å²) in [4.78, 5) is 12.0. The van der Waals surface area contributed by atoms with Gasteiger partial charge in [-0.1, -0.05) is 12.1 Å². The van der Waals surface area contributed by atoms with Crippen LogP contribution >= 0.6 is 11.3 Å². The molecule has 4 heteroatoms. The first kappa shape index (κ1) is 12.8. The zero-order chi connectivity index (χ0) is 13.1. The predicted molar refractivity (Wildman–Crippen MR) is 70.0 cm³/mol. The number of thiophene rings is 1. The Balaban J connectivity index is 2.25. The summed E-state index contributed by atoms with van der Waals surface area (Å²) in [5.74, 6) is -0.357. The minimum Gasteiger partial charge on any atom is -0.494 e. The monoisotopic (exact) mass is 264 g/mol. The molecule has 0 saturated heterocycles. The highest BCUT2D eigenvalue weighted by molar-refractivity contribution is 7.08. The number of benzene rings is 1. The van der Waals surface area contributed by atoms with E-state index in [1.54, 1.807) is 23.6 Å². The molecular formula is C14H13FO2S. The van der Waals surface area contributed by atoms with Gasteiger partial charge in [0.2, 0.25) is 0 Å². The molecule has 2 nitrogen and oxygen atoms in total. The molecule has 2 aromatic rings. The Bertz CT molecular complexity index is 575. The molecule has 0 aliphatic rings. The lowest BCUT2D eigenvalue weighted by Gasteiger charge is -2.06. The van der Waals surface area contributed by atoms with Gasteiger partial charge in [-0.2, -0.15) is 11.3 Å². The average molecular weight is 264 g/mol. The predicted octanol–water partition coefficient (Wildman–Crippen LogP) is 3.63. The minimum absolute atomic E-state index is 0.0562. The molecule has 0 amide bonds. The highest BCUT2D eigenvalue weighted by Gasteiger charge is 2.15. The molecular weight excluding hydrogens is 251 g/mol. The first-order valence-corrected chi connectivity index (χ1v) is 6.45. The van der Waals surface area contributed by atoms with Crippen LogP contribution in [0.5, 0.6) is 5.75 Å². The number of hydrogen-bond acceptors (Lipinski definition) is 3. The molecule has 2 rings (SSSR count). The number of methoxy groups -OCH3 is 1. The number of carbonyl (C=O) groups is 1. The lowest BCUT2D eigenvalue weighted by Crippen LogP contribution is -2.06. The molecule has 94 valence electrons. The molecule has 0 bridgehead atoms. The number of ketones is 1. The summed E-state index contributed by atoms with van der Waals surface area (Å²) in [6, 6.07) is 4.83. The van der Waals surface area contributed by atoms with Gasteiger partial charge in [-0.25, -0.2) is 4.39 Å². The Morgan fingerprint density at radius 3 is 2.78 bits per heavy atom. The maximum Gasteiger partial charge on any atom is 0.168 e. The van der Waals surface area contributed by atoms with E-state index in [0.717, 1.165) is 5.56 Å². The smallest absolute Gasteiger partial charge is 0.168 e. The van der Waals surface area contributed by atoms with Crippen molar-refractivity contribution in [1.82, 2.24) is 0 Å². The average Bonchev–Trinajstić information content (AvgIpc) is 2.78. The summed E-state index contributed by atoms with van der Waals surface area (Å²) in [7, 11) is 1.41. The van der Waals surface area contributed by atoms with Gasteiger partial charge in [-0.05, 0) is 29.5 Å². The van der Waals surface area contributed by atoms with Gasteiger partial charge in [-0.15, -0.1) is 0 Å². The van der Waals surface area contributed by atoms with E-state index in [9.17, 15) is 9.18 Å². The van der Waals surface area contributed by atoms with Crippen LogP contribution in [0.1, 0.15) is 21.5 Å². The third-order valence-electron chi connectivity index (χ3n) is 2.77. The quantitative estimate of drug-likeness (QED) is 0.788. The molecule has 0 saturated carbocycles. The molecule has 0 N–H and O–H groups in total. The summed E-state index contributed by atoms with van der Waals surface area (Å²) < 4.78 is 18.8. The van der Waals surface area contributed by atoms with Crippen LogP contribution in [-0.2, 0) is 6.42 Å². The molecule has 0 spiro atoms. The van der Waals surface area contributed by atoms with Gasteiger partial charge in [0.1, 0.15) is 0 Å². The van der Waals surface area contributed by atoms with Gasteiger partial charge >= 0.3 is 0 Å². The van der Waals surface area contributed by atoms with Crippen LogP contribution in [0.3, 0.4) is 0 Å². The Morgan fingerprint density at radius 2 is 2.17 bits per heavy atom. The van der Waals surface area contributed by atoms with Gasteiger partial charge in [0.15, 0.2) is 17.3 Å². The standard InChI is InChI=1S/C14H13FO2S/c1-9-7-18-8-11(9)12(16)6-10-4-3-5-13(17-2)14(10)15/h3-5,7-8H,6H2,1-2H3. The molecule has 0 aliphatic carbocycles. The molecule has 0 radical (unpaired) electrons. The van der Waals surface area contributed by atoms with E-state index in [1.165, 1.54) is 18.4 Å². The van der Waals surface area contributed by atoms with Gasteiger partial charge < -0.3 is 4.74 Å². The second-order valence-corrected chi connectivity index (χ2v) is 4.75. The molecule has 1 heterocycles. The number of Topliss-reactive ketones (excluding diaryl/α,β-unsaturated/α-hetero) is 1. The number of rotatable bonds is 4. The van der Waals surface area contributed by atoms with Gasteiger partial charge in [0.25, 0.3) is 0 Å². The normalized spacial score (nSPS) is 10.4. The van der Waals surface area contributed by atoms with Crippen LogP contribution in [0, 0.1) is 12.7 Å². The van der Waals surface area contributed by atoms with Crippen LogP contribution in [0.4, 0.5) is 4.39 Å². The number of hydrogen-bond donors (Lipinski definition) is 0. The third-order valence-corrected chi connectivity index (χ3v) is 3.63. The van der Waals surface area contributed by atoms with E-state index in [1.807, 2.05) is 12.3 Å². The maximum absolute atomic E-state index is 13.9. The number of carbonyl (C=O) groups excluding carboxylic acids is 1. The molecule has 1 aromatic carbocycles. The number of ether oxygens (including phenoxy) is 1. The van der Waals surface area contributed by atoms with Gasteiger partial charge in [0, 0.05) is 17.4 Å². The molecule has 0 atom stereocenters. The van der Waals surface area contributed by atoms with Crippen LogP contribution in [0.2, 0.25) is 0 Å². The molecule has 1 aromatic heterocycles. The van der Waals surface area contributed by atoms with Crippen LogP contribution in [-0.4, -0.2) is 12.9 Å². The van der Waals surface area contributed by atoms with Gasteiger partial charge in [-0.3, -0.25) is 4.79 Å². The van der Waals surface area contributed by atoms with Crippen molar-refractivity contribution in [3.05, 3.63) is 51.5 Å². The zero-order valence-corrected chi connectivity index (χ0v) is 11.0. The fraction of sp³-hybridized carbons (Fsp3) is 0.214. The maximum atomic E-state index is 13.9. The minimum atomic E-state index is -0.457. The Hall–Kier alpha value is -1.68. The Kier molecular flexibility index (Phi) is 3.77. The van der Waals surface area contributed by atoms with Crippen molar-refractivity contribution in [2.75, 3.05) is 7.11 Å². The number of halogens is 1. The SMILES string of the molecule is COc1cccc(CC(=O)c2cscc2C)c1F. The summed E-state index contributed by atoms with van der Waals surface area (Å²) >= 11 is 1.48. The van der Waals surface area contributed by atoms with Crippen LogP contribution in [0.25, 0.3) is 0 Å². The summed E-state index contributed by atoms with van der Waals surface area (Å²) in [6.45, 7) is 1.88. The van der Waals surface area contributed by atoms with Crippen molar-refractivity contribution in [1.29, 1.82) is 0 Å². The van der Waals surface area contributed by atoms with Crippen molar-refractivity contribution in [3.63, 3.8) is 0 Å². The molecule has 0 fully saturated rings. The van der Waals surface area contributed by atoms with Crippen molar-refractivity contribution >= 4 is 17.1 Å². The molecule has 18 heavy (non-hydrogen) atoms. The van der Waals surface area contributed by atoms with Crippen molar-refractivity contribution in [2.45, 2.75) is 13.3 Å². The van der Waals surface area contributed by atoms with E-state index < -0.39 is 5.82 Å². The molecule has 0 unspecified atom stereocenters. The number of aryl methyl sites for hydroxylation is 1. The van der Waals surface area contributed by atoms with E-state index in [2.05, 4.69) is 0 Å². The lowest BCUT2D eigenvalue weighted by molar-refractivity contribution is 0.0991. The topological polar surface area (TPSA) is 26.3 Å². The van der Waals surface area contributed by atoms with Crippen molar-refractivity contribution in [2.24, 2.45) is 0 Å². The first-order valence-electron chi connectivity index (χ1n) is 5.51. The van der Waals surface area contributed by atoms with E-state index >= 15 is 0 Å². The fourth-order valence-electron chi connectivity index (χ4n) is 1.76. The summed E-state index contributed by atoms with van der Waals surface area (Å²) in [5, 5.41) is 3.71.